The van der Waals surface area contributed by atoms with E-state index in [0.29, 0.717) is 6.61 Å². The van der Waals surface area contributed by atoms with Gasteiger partial charge in [0.1, 0.15) is 24.4 Å². The van der Waals surface area contributed by atoms with Crippen molar-refractivity contribution in [2.45, 2.75) is 63.4 Å². The molecule has 5 nitrogen and oxygen atoms in total. The number of hydrogen-bond donors (Lipinski definition) is 3. The molecule has 0 unspecified atom stereocenters. The Bertz CT molecular complexity index is 269. The van der Waals surface area contributed by atoms with Gasteiger partial charge in [-0.15, -0.1) is 0 Å². The van der Waals surface area contributed by atoms with Crippen LogP contribution in [0.5, 0.6) is 0 Å². The third-order valence-corrected chi connectivity index (χ3v) is 3.49. The summed E-state index contributed by atoms with van der Waals surface area (Å²) in [6.45, 7) is 2.45. The molecule has 0 aliphatic carbocycles. The van der Waals surface area contributed by atoms with Crippen molar-refractivity contribution >= 4 is 0 Å². The molecule has 0 aromatic rings. The van der Waals surface area contributed by atoms with Gasteiger partial charge >= 0.3 is 0 Å². The minimum atomic E-state index is -0.976. The van der Waals surface area contributed by atoms with Crippen LogP contribution >= 0.6 is 0 Å². The first-order chi connectivity index (χ1) is 9.70. The van der Waals surface area contributed by atoms with E-state index in [-0.39, 0.29) is 13.2 Å². The first-order valence-corrected chi connectivity index (χ1v) is 7.55. The molecule has 4 atom stereocenters. The van der Waals surface area contributed by atoms with Crippen molar-refractivity contribution in [1.29, 1.82) is 0 Å². The lowest BCUT2D eigenvalue weighted by molar-refractivity contribution is -0.210. The van der Waals surface area contributed by atoms with E-state index in [1.165, 1.54) is 0 Å². The summed E-state index contributed by atoms with van der Waals surface area (Å²) in [5.41, 5.74) is 0. The normalized spacial score (nSPS) is 31.0. The molecule has 20 heavy (non-hydrogen) atoms. The minimum Gasteiger partial charge on any atom is -0.394 e. The van der Waals surface area contributed by atoms with Crippen LogP contribution < -0.4 is 0 Å². The van der Waals surface area contributed by atoms with E-state index in [4.69, 9.17) is 14.6 Å². The topological polar surface area (TPSA) is 79.2 Å². The van der Waals surface area contributed by atoms with E-state index in [0.717, 1.165) is 32.1 Å². The third-order valence-electron chi connectivity index (χ3n) is 3.49. The van der Waals surface area contributed by atoms with Gasteiger partial charge in [0.05, 0.1) is 13.2 Å². The summed E-state index contributed by atoms with van der Waals surface area (Å²) in [7, 11) is 0. The Balaban J connectivity index is 2.14. The number of allylic oxidation sites excluding steroid dienone is 2. The second-order valence-electron chi connectivity index (χ2n) is 5.18. The predicted molar refractivity (Wildman–Crippen MR) is 76.5 cm³/mol. The van der Waals surface area contributed by atoms with Gasteiger partial charge in [-0.05, 0) is 25.7 Å². The van der Waals surface area contributed by atoms with Crippen LogP contribution in [0.4, 0.5) is 0 Å². The highest BCUT2D eigenvalue weighted by Gasteiger charge is 2.38. The standard InChI is InChI=1S/C15H28O5/c1-2-3-4-5-6-7-8-9-19-15-12(17)11-20-13(10-16)14(15)18/h3-4,12-18H,2,5-11H2,1H3/b4-3+/t12-,13+,14+,15+/m1/s1. The first-order valence-electron chi connectivity index (χ1n) is 7.55. The Morgan fingerprint density at radius 1 is 1.20 bits per heavy atom. The highest BCUT2D eigenvalue weighted by molar-refractivity contribution is 4.87. The minimum absolute atomic E-state index is 0.0920. The maximum absolute atomic E-state index is 9.92. The average molecular weight is 288 g/mol. The molecular weight excluding hydrogens is 260 g/mol. The molecule has 1 heterocycles. The maximum atomic E-state index is 9.92. The largest absolute Gasteiger partial charge is 0.394 e. The van der Waals surface area contributed by atoms with E-state index in [9.17, 15) is 10.2 Å². The number of unbranched alkanes of at least 4 members (excludes halogenated alkanes) is 3. The lowest BCUT2D eigenvalue weighted by Gasteiger charge is -2.37. The number of ether oxygens (including phenoxy) is 2. The van der Waals surface area contributed by atoms with Gasteiger partial charge in [0.2, 0.25) is 0 Å². The van der Waals surface area contributed by atoms with Crippen molar-refractivity contribution in [3.05, 3.63) is 12.2 Å². The van der Waals surface area contributed by atoms with Crippen molar-refractivity contribution in [2.75, 3.05) is 19.8 Å². The molecule has 3 N–H and O–H groups in total. The van der Waals surface area contributed by atoms with Crippen LogP contribution in [-0.4, -0.2) is 59.6 Å². The Kier molecular flexibility index (Phi) is 9.05. The van der Waals surface area contributed by atoms with Crippen molar-refractivity contribution in [1.82, 2.24) is 0 Å². The fraction of sp³-hybridized carbons (Fsp3) is 0.867. The van der Waals surface area contributed by atoms with Crippen LogP contribution in [0.15, 0.2) is 12.2 Å². The predicted octanol–water partition coefficient (Wildman–Crippen LogP) is 1.01. The molecule has 0 bridgehead atoms. The number of aliphatic hydroxyl groups is 3. The van der Waals surface area contributed by atoms with Crippen molar-refractivity contribution in [2.24, 2.45) is 0 Å². The smallest absolute Gasteiger partial charge is 0.114 e. The van der Waals surface area contributed by atoms with Crippen LogP contribution in [0.2, 0.25) is 0 Å². The van der Waals surface area contributed by atoms with Gasteiger partial charge in [-0.3, -0.25) is 0 Å². The van der Waals surface area contributed by atoms with Gasteiger partial charge in [-0.1, -0.05) is 25.5 Å². The zero-order chi connectivity index (χ0) is 14.8. The molecule has 5 heteroatoms. The van der Waals surface area contributed by atoms with Gasteiger partial charge in [-0.2, -0.15) is 0 Å². The highest BCUT2D eigenvalue weighted by atomic mass is 16.6. The summed E-state index contributed by atoms with van der Waals surface area (Å²) in [6, 6.07) is 0. The number of hydrogen-bond acceptors (Lipinski definition) is 5. The molecule has 0 amide bonds. The van der Waals surface area contributed by atoms with Crippen LogP contribution in [0.3, 0.4) is 0 Å². The van der Waals surface area contributed by atoms with Crippen molar-refractivity contribution in [3.63, 3.8) is 0 Å². The quantitative estimate of drug-likeness (QED) is 0.436. The number of rotatable bonds is 9. The molecule has 0 saturated carbocycles. The second-order valence-corrected chi connectivity index (χ2v) is 5.18. The van der Waals surface area contributed by atoms with E-state index in [1.54, 1.807) is 0 Å². The van der Waals surface area contributed by atoms with Gasteiger partial charge in [0, 0.05) is 6.61 Å². The summed E-state index contributed by atoms with van der Waals surface area (Å²) >= 11 is 0. The molecule has 118 valence electrons. The summed E-state index contributed by atoms with van der Waals surface area (Å²) in [5.74, 6) is 0. The summed E-state index contributed by atoms with van der Waals surface area (Å²) < 4.78 is 10.7. The Morgan fingerprint density at radius 3 is 2.70 bits per heavy atom. The SMILES string of the molecule is CC/C=C/CCCCCO[C@@H]1[C@@H](O)[C@H](CO)OC[C@H]1O. The third kappa shape index (κ3) is 5.89. The summed E-state index contributed by atoms with van der Waals surface area (Å²) in [6.07, 6.45) is 6.47. The highest BCUT2D eigenvalue weighted by Crippen LogP contribution is 2.18. The average Bonchev–Trinajstić information content (AvgIpc) is 2.45. The lowest BCUT2D eigenvalue weighted by Crippen LogP contribution is -2.55. The summed E-state index contributed by atoms with van der Waals surface area (Å²) in [5, 5.41) is 28.7. The fourth-order valence-electron chi connectivity index (χ4n) is 2.27. The van der Waals surface area contributed by atoms with E-state index >= 15 is 0 Å². The Hall–Kier alpha value is -0.460. The monoisotopic (exact) mass is 288 g/mol. The second kappa shape index (κ2) is 10.3. The molecule has 1 aliphatic rings. The molecule has 0 radical (unpaired) electrons. The van der Waals surface area contributed by atoms with Gasteiger partial charge in [0.25, 0.3) is 0 Å². The maximum Gasteiger partial charge on any atom is 0.114 e. The fourth-order valence-corrected chi connectivity index (χ4v) is 2.27. The first kappa shape index (κ1) is 17.6. The van der Waals surface area contributed by atoms with Crippen molar-refractivity contribution < 1.29 is 24.8 Å². The molecule has 0 aromatic carbocycles. The molecule has 1 rings (SSSR count). The zero-order valence-corrected chi connectivity index (χ0v) is 12.3. The zero-order valence-electron chi connectivity index (χ0n) is 12.3. The number of aliphatic hydroxyl groups excluding tert-OH is 3. The Labute approximate surface area is 121 Å². The molecule has 0 aromatic heterocycles. The lowest BCUT2D eigenvalue weighted by atomic mass is 10.0. The van der Waals surface area contributed by atoms with Crippen molar-refractivity contribution in [3.8, 4) is 0 Å². The van der Waals surface area contributed by atoms with E-state index in [1.807, 2.05) is 0 Å². The molecule has 1 aliphatic heterocycles. The van der Waals surface area contributed by atoms with E-state index in [2.05, 4.69) is 19.1 Å². The molecule has 1 fully saturated rings. The van der Waals surface area contributed by atoms with Gasteiger partial charge in [0.15, 0.2) is 0 Å². The van der Waals surface area contributed by atoms with Crippen LogP contribution in [0, 0.1) is 0 Å². The summed E-state index contributed by atoms with van der Waals surface area (Å²) in [4.78, 5) is 0. The molecule has 1 saturated heterocycles. The van der Waals surface area contributed by atoms with Gasteiger partial charge < -0.3 is 24.8 Å². The van der Waals surface area contributed by atoms with Crippen LogP contribution in [-0.2, 0) is 9.47 Å². The molecular formula is C15H28O5. The van der Waals surface area contributed by atoms with Crippen LogP contribution in [0.25, 0.3) is 0 Å². The molecule has 0 spiro atoms. The van der Waals surface area contributed by atoms with Gasteiger partial charge in [-0.25, -0.2) is 0 Å². The Morgan fingerprint density at radius 2 is 2.00 bits per heavy atom. The van der Waals surface area contributed by atoms with E-state index < -0.39 is 24.4 Å². The van der Waals surface area contributed by atoms with Crippen LogP contribution in [0.1, 0.15) is 39.0 Å².